The molecule has 1 amide bonds. The summed E-state index contributed by atoms with van der Waals surface area (Å²) in [6.45, 7) is 1.51. The van der Waals surface area contributed by atoms with E-state index in [-0.39, 0.29) is 12.0 Å². The molecule has 3 aromatic rings. The molecule has 0 saturated carbocycles. The van der Waals surface area contributed by atoms with Gasteiger partial charge in [-0.15, -0.1) is 0 Å². The molecule has 6 heteroatoms. The molecule has 4 rings (SSSR count). The van der Waals surface area contributed by atoms with Crippen LogP contribution in [0.1, 0.15) is 6.42 Å². The number of rotatable bonds is 5. The summed E-state index contributed by atoms with van der Waals surface area (Å²) in [5, 5.41) is 4.11. The van der Waals surface area contributed by atoms with Crippen LogP contribution in [0.2, 0.25) is 0 Å². The zero-order valence-electron chi connectivity index (χ0n) is 14.2. The quantitative estimate of drug-likeness (QED) is 0.691. The van der Waals surface area contributed by atoms with Crippen LogP contribution < -0.4 is 14.8 Å². The van der Waals surface area contributed by atoms with Crippen LogP contribution in [0, 0.1) is 0 Å². The number of aromatic nitrogens is 1. The van der Waals surface area contributed by atoms with Gasteiger partial charge in [0, 0.05) is 29.2 Å². The van der Waals surface area contributed by atoms with Gasteiger partial charge < -0.3 is 19.4 Å². The van der Waals surface area contributed by atoms with Crippen LogP contribution in [0.25, 0.3) is 10.9 Å². The molecule has 1 aliphatic rings. The lowest BCUT2D eigenvalue weighted by atomic mass is 10.2. The second kappa shape index (κ2) is 7.41. The highest BCUT2D eigenvalue weighted by Gasteiger charge is 2.20. The van der Waals surface area contributed by atoms with E-state index in [0.717, 1.165) is 21.5 Å². The molecule has 0 bridgehead atoms. The van der Waals surface area contributed by atoms with Crippen molar-refractivity contribution in [2.24, 2.45) is 0 Å². The van der Waals surface area contributed by atoms with Gasteiger partial charge in [0.1, 0.15) is 12.7 Å². The highest BCUT2D eigenvalue weighted by Crippen LogP contribution is 2.30. The third-order valence-corrected chi connectivity index (χ3v) is 4.90. The number of carbonyl (C=O) groups excluding carboxylic acids is 1. The average molecular weight is 415 g/mol. The molecule has 134 valence electrons. The maximum absolute atomic E-state index is 12.2. The molecular weight excluding hydrogens is 396 g/mol. The zero-order valence-corrected chi connectivity index (χ0v) is 15.7. The van der Waals surface area contributed by atoms with Crippen molar-refractivity contribution in [1.82, 2.24) is 9.88 Å². The Balaban J connectivity index is 1.29. The van der Waals surface area contributed by atoms with Crippen molar-refractivity contribution >= 4 is 32.7 Å². The maximum Gasteiger partial charge on any atom is 0.221 e. The fourth-order valence-electron chi connectivity index (χ4n) is 3.05. The van der Waals surface area contributed by atoms with E-state index in [1.807, 2.05) is 36.5 Å². The molecule has 1 unspecified atom stereocenters. The summed E-state index contributed by atoms with van der Waals surface area (Å²) in [6, 6.07) is 15.8. The summed E-state index contributed by atoms with van der Waals surface area (Å²) in [5.41, 5.74) is 1.12. The molecule has 26 heavy (non-hydrogen) atoms. The largest absolute Gasteiger partial charge is 0.486 e. The SMILES string of the molecule is O=C(CCn1ccc2ccc(Br)cc21)NCC1COc2ccccc2O1. The summed E-state index contributed by atoms with van der Waals surface area (Å²) < 4.78 is 14.6. The second-order valence-electron chi connectivity index (χ2n) is 6.26. The van der Waals surface area contributed by atoms with Crippen LogP contribution in [0.5, 0.6) is 11.5 Å². The Morgan fingerprint density at radius 3 is 2.92 bits per heavy atom. The first-order chi connectivity index (χ1) is 12.7. The monoisotopic (exact) mass is 414 g/mol. The van der Waals surface area contributed by atoms with E-state index in [9.17, 15) is 4.79 Å². The zero-order chi connectivity index (χ0) is 17.9. The van der Waals surface area contributed by atoms with Gasteiger partial charge in [-0.1, -0.05) is 34.1 Å². The summed E-state index contributed by atoms with van der Waals surface area (Å²) >= 11 is 3.49. The topological polar surface area (TPSA) is 52.5 Å². The van der Waals surface area contributed by atoms with Gasteiger partial charge in [0.25, 0.3) is 0 Å². The Hall–Kier alpha value is -2.47. The minimum atomic E-state index is -0.169. The van der Waals surface area contributed by atoms with Crippen molar-refractivity contribution in [3.05, 3.63) is 59.2 Å². The van der Waals surface area contributed by atoms with Crippen LogP contribution in [0.15, 0.2) is 59.2 Å². The number of hydrogen-bond acceptors (Lipinski definition) is 3. The minimum absolute atomic E-state index is 0.00399. The fraction of sp³-hybridized carbons (Fsp3) is 0.250. The number of halogens is 1. The lowest BCUT2D eigenvalue weighted by Crippen LogP contribution is -2.40. The minimum Gasteiger partial charge on any atom is -0.486 e. The highest BCUT2D eigenvalue weighted by molar-refractivity contribution is 9.10. The summed E-state index contributed by atoms with van der Waals surface area (Å²) in [6.07, 6.45) is 2.26. The van der Waals surface area contributed by atoms with Crippen LogP contribution in [-0.2, 0) is 11.3 Å². The number of nitrogens with zero attached hydrogens (tertiary/aromatic N) is 1. The van der Waals surface area contributed by atoms with Gasteiger partial charge in [0.15, 0.2) is 11.5 Å². The molecule has 0 aliphatic carbocycles. The van der Waals surface area contributed by atoms with Crippen molar-refractivity contribution in [1.29, 1.82) is 0 Å². The molecule has 2 heterocycles. The number of nitrogens with one attached hydrogen (secondary N) is 1. The summed E-state index contributed by atoms with van der Waals surface area (Å²) in [4.78, 5) is 12.2. The Morgan fingerprint density at radius 2 is 2.04 bits per heavy atom. The number of fused-ring (bicyclic) bond motifs is 2. The normalized spacial score (nSPS) is 15.8. The molecule has 1 aromatic heterocycles. The lowest BCUT2D eigenvalue weighted by Gasteiger charge is -2.26. The predicted octanol–water partition coefficient (Wildman–Crippen LogP) is 3.75. The van der Waals surface area contributed by atoms with Gasteiger partial charge in [-0.25, -0.2) is 0 Å². The van der Waals surface area contributed by atoms with Crippen molar-refractivity contribution in [2.75, 3.05) is 13.2 Å². The van der Waals surface area contributed by atoms with E-state index in [4.69, 9.17) is 9.47 Å². The fourth-order valence-corrected chi connectivity index (χ4v) is 3.40. The van der Waals surface area contributed by atoms with Gasteiger partial charge in [-0.2, -0.15) is 0 Å². The molecule has 1 N–H and O–H groups in total. The average Bonchev–Trinajstić information content (AvgIpc) is 3.06. The van der Waals surface area contributed by atoms with E-state index >= 15 is 0 Å². The lowest BCUT2D eigenvalue weighted by molar-refractivity contribution is -0.121. The smallest absolute Gasteiger partial charge is 0.221 e. The first-order valence-electron chi connectivity index (χ1n) is 8.58. The van der Waals surface area contributed by atoms with Crippen LogP contribution in [0.4, 0.5) is 0 Å². The van der Waals surface area contributed by atoms with Gasteiger partial charge in [0.05, 0.1) is 6.54 Å². The van der Waals surface area contributed by atoms with Gasteiger partial charge in [0.2, 0.25) is 5.91 Å². The van der Waals surface area contributed by atoms with Crippen molar-refractivity contribution in [2.45, 2.75) is 19.1 Å². The van der Waals surface area contributed by atoms with Crippen molar-refractivity contribution in [3.63, 3.8) is 0 Å². The van der Waals surface area contributed by atoms with E-state index in [0.29, 0.717) is 26.1 Å². The molecule has 1 atom stereocenters. The molecule has 0 saturated heterocycles. The Morgan fingerprint density at radius 1 is 1.19 bits per heavy atom. The van der Waals surface area contributed by atoms with Gasteiger partial charge in [-0.3, -0.25) is 4.79 Å². The summed E-state index contributed by atoms with van der Waals surface area (Å²) in [5.74, 6) is 1.48. The number of ether oxygens (including phenoxy) is 2. The van der Waals surface area contributed by atoms with E-state index in [1.54, 1.807) is 0 Å². The molecule has 1 aliphatic heterocycles. The second-order valence-corrected chi connectivity index (χ2v) is 7.18. The number of hydrogen-bond donors (Lipinski definition) is 1. The highest BCUT2D eigenvalue weighted by atomic mass is 79.9. The van der Waals surface area contributed by atoms with Crippen LogP contribution in [0.3, 0.4) is 0 Å². The first-order valence-corrected chi connectivity index (χ1v) is 9.38. The number of benzene rings is 2. The molecule has 5 nitrogen and oxygen atoms in total. The first kappa shape index (κ1) is 17.0. The van der Waals surface area contributed by atoms with E-state index in [2.05, 4.69) is 44.0 Å². The van der Waals surface area contributed by atoms with Crippen molar-refractivity contribution in [3.8, 4) is 11.5 Å². The third-order valence-electron chi connectivity index (χ3n) is 4.41. The number of carbonyl (C=O) groups is 1. The molecule has 0 spiro atoms. The molecular formula is C20H19BrN2O3. The molecule has 0 radical (unpaired) electrons. The number of amides is 1. The van der Waals surface area contributed by atoms with Gasteiger partial charge >= 0.3 is 0 Å². The van der Waals surface area contributed by atoms with E-state index < -0.39 is 0 Å². The van der Waals surface area contributed by atoms with Gasteiger partial charge in [-0.05, 0) is 35.7 Å². The third kappa shape index (κ3) is 3.70. The Labute approximate surface area is 160 Å². The molecule has 2 aromatic carbocycles. The van der Waals surface area contributed by atoms with E-state index in [1.165, 1.54) is 5.39 Å². The van der Waals surface area contributed by atoms with Crippen LogP contribution >= 0.6 is 15.9 Å². The Kier molecular flexibility index (Phi) is 4.84. The standard InChI is InChI=1S/C20H19BrN2O3/c21-15-6-5-14-7-9-23(17(14)11-15)10-8-20(24)22-12-16-13-25-18-3-1-2-4-19(18)26-16/h1-7,9,11,16H,8,10,12-13H2,(H,22,24). The number of aryl methyl sites for hydroxylation is 1. The summed E-state index contributed by atoms with van der Waals surface area (Å²) in [7, 11) is 0. The molecule has 0 fully saturated rings. The predicted molar refractivity (Wildman–Crippen MR) is 104 cm³/mol. The van der Waals surface area contributed by atoms with Crippen molar-refractivity contribution < 1.29 is 14.3 Å². The Bertz CT molecular complexity index is 938. The maximum atomic E-state index is 12.2. The van der Waals surface area contributed by atoms with Crippen LogP contribution in [-0.4, -0.2) is 29.7 Å². The number of para-hydroxylation sites is 2.